The van der Waals surface area contributed by atoms with Crippen molar-refractivity contribution in [1.29, 1.82) is 0 Å². The van der Waals surface area contributed by atoms with Gasteiger partial charge < -0.3 is 10.6 Å². The summed E-state index contributed by atoms with van der Waals surface area (Å²) in [6, 6.07) is 12.5. The lowest BCUT2D eigenvalue weighted by molar-refractivity contribution is -0.133. The van der Waals surface area contributed by atoms with Crippen molar-refractivity contribution in [3.05, 3.63) is 59.7 Å². The molecule has 0 aromatic heterocycles. The van der Waals surface area contributed by atoms with Gasteiger partial charge in [0.25, 0.3) is 5.91 Å². The first-order valence-corrected chi connectivity index (χ1v) is 13.5. The molecule has 192 valence electrons. The number of anilines is 1. The molecule has 9 nitrogen and oxygen atoms in total. The van der Waals surface area contributed by atoms with Gasteiger partial charge >= 0.3 is 6.03 Å². The first-order valence-electron chi connectivity index (χ1n) is 12.0. The van der Waals surface area contributed by atoms with Crippen LogP contribution >= 0.6 is 0 Å². The standard InChI is InChI=1S/C26H32N4O5S/c1-17-5-7-20(8-6-17)26(4)24(32)30(25(33)28-26)16-23(31)27-21-9-11-22(12-10-21)36(34,35)29-14-18(2)13-19(3)15-29/h5-12,18-19H,13-16H2,1-4H3,(H,27,31)(H,28,33)/t18-,19+,26-/m0/s1. The molecule has 0 unspecified atom stereocenters. The Morgan fingerprint density at radius 1 is 1.03 bits per heavy atom. The van der Waals surface area contributed by atoms with Gasteiger partial charge in [-0.15, -0.1) is 0 Å². The van der Waals surface area contributed by atoms with E-state index in [1.165, 1.54) is 28.6 Å². The largest absolute Gasteiger partial charge is 0.325 e. The van der Waals surface area contributed by atoms with E-state index < -0.39 is 40.0 Å². The minimum absolute atomic E-state index is 0.157. The molecule has 0 radical (unpaired) electrons. The van der Waals surface area contributed by atoms with E-state index in [1.54, 1.807) is 19.1 Å². The first-order chi connectivity index (χ1) is 16.9. The SMILES string of the molecule is Cc1ccc([C@]2(C)NC(=O)N(CC(=O)Nc3ccc(S(=O)(=O)N4C[C@H](C)C[C@H](C)C4)cc3)C2=O)cc1. The summed E-state index contributed by atoms with van der Waals surface area (Å²) in [6.07, 6.45) is 0.999. The van der Waals surface area contributed by atoms with Crippen LogP contribution in [0.25, 0.3) is 0 Å². The van der Waals surface area contributed by atoms with Crippen molar-refractivity contribution in [3.8, 4) is 0 Å². The Balaban J connectivity index is 1.41. The molecule has 0 saturated carbocycles. The highest BCUT2D eigenvalue weighted by molar-refractivity contribution is 7.89. The Bertz CT molecular complexity index is 1270. The smallest absolute Gasteiger partial charge is 0.325 e. The van der Waals surface area contributed by atoms with Gasteiger partial charge in [-0.25, -0.2) is 13.2 Å². The first kappa shape index (κ1) is 25.8. The topological polar surface area (TPSA) is 116 Å². The maximum atomic E-state index is 13.1. The zero-order valence-corrected chi connectivity index (χ0v) is 21.8. The van der Waals surface area contributed by atoms with Gasteiger partial charge in [-0.05, 0) is 61.9 Å². The zero-order valence-electron chi connectivity index (χ0n) is 20.9. The van der Waals surface area contributed by atoms with E-state index in [9.17, 15) is 22.8 Å². The number of nitrogens with zero attached hydrogens (tertiary/aromatic N) is 2. The summed E-state index contributed by atoms with van der Waals surface area (Å²) < 4.78 is 27.6. The molecule has 2 aliphatic rings. The number of nitrogens with one attached hydrogen (secondary N) is 2. The van der Waals surface area contributed by atoms with Gasteiger partial charge in [0.15, 0.2) is 0 Å². The molecular formula is C26H32N4O5S. The van der Waals surface area contributed by atoms with Gasteiger partial charge in [-0.2, -0.15) is 4.31 Å². The molecule has 2 aliphatic heterocycles. The number of benzene rings is 2. The molecule has 0 aliphatic carbocycles. The quantitative estimate of drug-likeness (QED) is 0.577. The summed E-state index contributed by atoms with van der Waals surface area (Å²) in [7, 11) is -3.63. The van der Waals surface area contributed by atoms with Crippen LogP contribution in [-0.4, -0.2) is 55.1 Å². The molecule has 2 N–H and O–H groups in total. The highest BCUT2D eigenvalue weighted by atomic mass is 32.2. The van der Waals surface area contributed by atoms with Crippen LogP contribution in [0, 0.1) is 18.8 Å². The summed E-state index contributed by atoms with van der Waals surface area (Å²) in [6.45, 7) is 8.14. The molecule has 3 atom stereocenters. The van der Waals surface area contributed by atoms with Crippen LogP contribution in [0.5, 0.6) is 0 Å². The number of imide groups is 1. The second-order valence-electron chi connectivity index (χ2n) is 10.2. The minimum Gasteiger partial charge on any atom is -0.325 e. The predicted octanol–water partition coefficient (Wildman–Crippen LogP) is 3.07. The van der Waals surface area contributed by atoms with E-state index in [-0.39, 0.29) is 4.90 Å². The van der Waals surface area contributed by atoms with Crippen molar-refractivity contribution in [2.45, 2.75) is 44.6 Å². The van der Waals surface area contributed by atoms with Crippen molar-refractivity contribution in [2.75, 3.05) is 25.0 Å². The van der Waals surface area contributed by atoms with Crippen LogP contribution in [0.3, 0.4) is 0 Å². The lowest BCUT2D eigenvalue weighted by Crippen LogP contribution is -2.42. The van der Waals surface area contributed by atoms with Crippen LogP contribution in [0.1, 0.15) is 38.3 Å². The van der Waals surface area contributed by atoms with Crippen LogP contribution < -0.4 is 10.6 Å². The van der Waals surface area contributed by atoms with Crippen molar-refractivity contribution in [2.24, 2.45) is 11.8 Å². The van der Waals surface area contributed by atoms with Gasteiger partial charge in [-0.3, -0.25) is 14.5 Å². The summed E-state index contributed by atoms with van der Waals surface area (Å²) >= 11 is 0. The molecule has 2 aromatic rings. The van der Waals surface area contributed by atoms with E-state index in [1.807, 2.05) is 32.9 Å². The maximum Gasteiger partial charge on any atom is 0.325 e. The molecule has 4 amide bonds. The number of carbonyl (C=O) groups excluding carboxylic acids is 3. The Kier molecular flexibility index (Phi) is 6.94. The van der Waals surface area contributed by atoms with E-state index in [0.29, 0.717) is 36.2 Å². The molecule has 0 spiro atoms. The van der Waals surface area contributed by atoms with Gasteiger partial charge in [0.05, 0.1) is 4.90 Å². The Morgan fingerprint density at radius 3 is 2.19 bits per heavy atom. The molecule has 2 fully saturated rings. The van der Waals surface area contributed by atoms with Gasteiger partial charge in [0.2, 0.25) is 15.9 Å². The van der Waals surface area contributed by atoms with Crippen LogP contribution in [0.4, 0.5) is 10.5 Å². The number of hydrogen-bond donors (Lipinski definition) is 2. The van der Waals surface area contributed by atoms with Crippen LogP contribution in [0.15, 0.2) is 53.4 Å². The van der Waals surface area contributed by atoms with E-state index in [4.69, 9.17) is 0 Å². The zero-order chi connectivity index (χ0) is 26.3. The monoisotopic (exact) mass is 512 g/mol. The fourth-order valence-electron chi connectivity index (χ4n) is 4.93. The summed E-state index contributed by atoms with van der Waals surface area (Å²) in [5, 5.41) is 5.32. The predicted molar refractivity (Wildman–Crippen MR) is 136 cm³/mol. The van der Waals surface area contributed by atoms with Crippen molar-refractivity contribution < 1.29 is 22.8 Å². The number of amides is 4. The summed E-state index contributed by atoms with van der Waals surface area (Å²) in [5.41, 5.74) is 0.760. The van der Waals surface area contributed by atoms with E-state index in [0.717, 1.165) is 16.9 Å². The fraction of sp³-hybridized carbons (Fsp3) is 0.423. The van der Waals surface area contributed by atoms with Crippen molar-refractivity contribution in [1.82, 2.24) is 14.5 Å². The number of rotatable bonds is 6. The Morgan fingerprint density at radius 2 is 1.61 bits per heavy atom. The third-order valence-electron chi connectivity index (χ3n) is 6.82. The van der Waals surface area contributed by atoms with E-state index in [2.05, 4.69) is 10.6 Å². The Labute approximate surface area is 211 Å². The number of hydrogen-bond acceptors (Lipinski definition) is 5. The summed E-state index contributed by atoms with van der Waals surface area (Å²) in [5.74, 6) is -0.500. The lowest BCUT2D eigenvalue weighted by atomic mass is 9.91. The minimum atomic E-state index is -3.63. The third-order valence-corrected chi connectivity index (χ3v) is 8.66. The van der Waals surface area contributed by atoms with Gasteiger partial charge in [0, 0.05) is 18.8 Å². The highest BCUT2D eigenvalue weighted by Gasteiger charge is 2.49. The van der Waals surface area contributed by atoms with Crippen LogP contribution in [-0.2, 0) is 25.2 Å². The molecular weight excluding hydrogens is 480 g/mol. The molecule has 36 heavy (non-hydrogen) atoms. The normalized spacial score (nSPS) is 25.1. The molecule has 2 aromatic carbocycles. The summed E-state index contributed by atoms with van der Waals surface area (Å²) in [4.78, 5) is 39.3. The number of piperidine rings is 1. The molecule has 0 bridgehead atoms. The second-order valence-corrected chi connectivity index (χ2v) is 12.1. The second kappa shape index (κ2) is 9.67. The van der Waals surface area contributed by atoms with Gasteiger partial charge in [0.1, 0.15) is 12.1 Å². The third kappa shape index (κ3) is 5.01. The molecule has 10 heteroatoms. The highest BCUT2D eigenvalue weighted by Crippen LogP contribution is 2.29. The van der Waals surface area contributed by atoms with Gasteiger partial charge in [-0.1, -0.05) is 43.7 Å². The van der Waals surface area contributed by atoms with Crippen LogP contribution in [0.2, 0.25) is 0 Å². The number of carbonyl (C=O) groups is 3. The molecule has 4 rings (SSSR count). The van der Waals surface area contributed by atoms with Crippen molar-refractivity contribution >= 4 is 33.6 Å². The number of urea groups is 1. The average molecular weight is 513 g/mol. The van der Waals surface area contributed by atoms with Crippen molar-refractivity contribution in [3.63, 3.8) is 0 Å². The van der Waals surface area contributed by atoms with E-state index >= 15 is 0 Å². The lowest BCUT2D eigenvalue weighted by Gasteiger charge is -2.34. The molecule has 2 saturated heterocycles. The Hall–Kier alpha value is -3.24. The maximum absolute atomic E-state index is 13.1. The number of aryl methyl sites for hydroxylation is 1. The number of sulfonamides is 1. The average Bonchev–Trinajstić information content (AvgIpc) is 3.03. The molecule has 2 heterocycles. The fourth-order valence-corrected chi connectivity index (χ4v) is 6.61.